The lowest BCUT2D eigenvalue weighted by Gasteiger charge is -2.31. The molecule has 2 N–H and O–H groups in total. The summed E-state index contributed by atoms with van der Waals surface area (Å²) in [5, 5.41) is 9.93. The van der Waals surface area contributed by atoms with Crippen molar-refractivity contribution in [2.75, 3.05) is 36.4 Å². The minimum Gasteiger partial charge on any atom is -0.363 e. The fraction of sp³-hybridized carbons (Fsp3) is 0.346. The number of aromatic nitrogens is 5. The zero-order chi connectivity index (χ0) is 29.5. The highest BCUT2D eigenvalue weighted by Gasteiger charge is 2.31. The van der Waals surface area contributed by atoms with Gasteiger partial charge in [-0.15, -0.1) is 5.10 Å². The van der Waals surface area contributed by atoms with E-state index in [0.29, 0.717) is 49.5 Å². The van der Waals surface area contributed by atoms with Crippen molar-refractivity contribution in [3.63, 3.8) is 0 Å². The quantitative estimate of drug-likeness (QED) is 0.354. The number of rotatable bonds is 6. The molecule has 4 heterocycles. The van der Waals surface area contributed by atoms with E-state index in [1.165, 1.54) is 10.6 Å². The van der Waals surface area contributed by atoms with Crippen LogP contribution in [0.15, 0.2) is 46.1 Å². The monoisotopic (exact) mass is 590 g/mol. The average Bonchev–Trinajstić information content (AvgIpc) is 3.38. The molecule has 1 fully saturated rings. The second kappa shape index (κ2) is 11.0. The fourth-order valence-electron chi connectivity index (χ4n) is 4.75. The normalized spacial score (nSPS) is 14.0. The number of anilines is 2. The number of hydrogen-bond acceptors (Lipinski definition) is 7. The number of carbonyl (C=O) groups excluding carboxylic acids is 1. The first-order chi connectivity index (χ1) is 19.5. The maximum absolute atomic E-state index is 13.8. The van der Waals surface area contributed by atoms with E-state index in [0.717, 1.165) is 22.7 Å². The summed E-state index contributed by atoms with van der Waals surface area (Å²) in [5.41, 5.74) is -0.328. The summed E-state index contributed by atoms with van der Waals surface area (Å²) in [4.78, 5) is 45.7. The second-order valence-corrected chi connectivity index (χ2v) is 9.94. The number of hydrogen-bond donors (Lipinski definition) is 2. The molecule has 1 aliphatic heterocycles. The molecule has 0 saturated carbocycles. The Morgan fingerprint density at radius 2 is 1.88 bits per heavy atom. The Hall–Kier alpha value is -4.17. The third-order valence-electron chi connectivity index (χ3n) is 6.83. The van der Waals surface area contributed by atoms with E-state index in [4.69, 9.17) is 11.6 Å². The van der Waals surface area contributed by atoms with Crippen LogP contribution in [0.5, 0.6) is 0 Å². The van der Waals surface area contributed by atoms with Crippen molar-refractivity contribution in [2.24, 2.45) is 7.05 Å². The van der Waals surface area contributed by atoms with Crippen molar-refractivity contribution < 1.29 is 18.0 Å². The van der Waals surface area contributed by atoms with Crippen molar-refractivity contribution in [2.45, 2.75) is 26.1 Å². The number of piperazine rings is 1. The first-order valence-electron chi connectivity index (χ1n) is 12.8. The van der Waals surface area contributed by atoms with E-state index >= 15 is 0 Å². The van der Waals surface area contributed by atoms with E-state index in [2.05, 4.69) is 20.7 Å². The highest BCUT2D eigenvalue weighted by atomic mass is 35.5. The number of fused-ring (bicyclic) bond motifs is 1. The van der Waals surface area contributed by atoms with Gasteiger partial charge in [-0.3, -0.25) is 14.4 Å². The molecule has 4 aromatic rings. The van der Waals surface area contributed by atoms with E-state index in [9.17, 15) is 27.6 Å². The van der Waals surface area contributed by atoms with Crippen molar-refractivity contribution in [1.29, 1.82) is 0 Å². The van der Waals surface area contributed by atoms with Crippen molar-refractivity contribution in [3.05, 3.63) is 73.5 Å². The largest absolute Gasteiger partial charge is 0.416 e. The number of halogens is 4. The number of benzene rings is 1. The Bertz CT molecular complexity index is 1760. The van der Waals surface area contributed by atoms with E-state index in [1.54, 1.807) is 23.9 Å². The maximum atomic E-state index is 13.8. The molecule has 0 bridgehead atoms. The van der Waals surface area contributed by atoms with Gasteiger partial charge in [0, 0.05) is 51.1 Å². The molecular weight excluding hydrogens is 565 g/mol. The minimum atomic E-state index is -4.58. The highest BCUT2D eigenvalue weighted by molar-refractivity contribution is 6.33. The molecule has 15 heteroatoms. The molecule has 1 aromatic carbocycles. The topological polar surface area (TPSA) is 119 Å². The number of pyridine rings is 1. The Morgan fingerprint density at radius 3 is 2.51 bits per heavy atom. The summed E-state index contributed by atoms with van der Waals surface area (Å²) < 4.78 is 43.2. The number of carbonyl (C=O) groups is 1. The highest BCUT2D eigenvalue weighted by Crippen LogP contribution is 2.34. The lowest BCUT2D eigenvalue weighted by molar-refractivity contribution is -0.137. The number of alkyl halides is 3. The SMILES string of the molecule is CCc1c(N2CCNCC2)c(=O)n2nc(-c3ccn(C)c(=O)c3)nc2n1CC(=O)Nc1ccc(C(F)(F)F)cc1Cl. The van der Waals surface area contributed by atoms with E-state index < -0.39 is 23.2 Å². The van der Waals surface area contributed by atoms with Gasteiger partial charge in [0.2, 0.25) is 11.7 Å². The van der Waals surface area contributed by atoms with Gasteiger partial charge in [0.15, 0.2) is 5.82 Å². The van der Waals surface area contributed by atoms with Gasteiger partial charge < -0.3 is 24.7 Å². The Kier molecular flexibility index (Phi) is 7.62. The van der Waals surface area contributed by atoms with Crippen LogP contribution in [0.3, 0.4) is 0 Å². The first-order valence-corrected chi connectivity index (χ1v) is 13.2. The third-order valence-corrected chi connectivity index (χ3v) is 7.14. The summed E-state index contributed by atoms with van der Waals surface area (Å²) in [5.74, 6) is -0.398. The Morgan fingerprint density at radius 1 is 1.15 bits per heavy atom. The van der Waals surface area contributed by atoms with E-state index in [-0.39, 0.29) is 34.4 Å². The molecule has 0 radical (unpaired) electrons. The first kappa shape index (κ1) is 28.4. The number of nitrogens with one attached hydrogen (secondary N) is 2. The van der Waals surface area contributed by atoms with Crippen molar-refractivity contribution in [1.82, 2.24) is 29.0 Å². The lowest BCUT2D eigenvalue weighted by atomic mass is 10.2. The van der Waals surface area contributed by atoms with Gasteiger partial charge in [0.05, 0.1) is 22.0 Å². The average molecular weight is 591 g/mol. The van der Waals surface area contributed by atoms with Crippen LogP contribution in [0.25, 0.3) is 17.2 Å². The van der Waals surface area contributed by atoms with Crippen LogP contribution < -0.4 is 26.7 Å². The summed E-state index contributed by atoms with van der Waals surface area (Å²) in [7, 11) is 1.60. The molecular formula is C26H26ClF3N8O3. The molecule has 5 rings (SSSR count). The molecule has 1 amide bonds. The van der Waals surface area contributed by atoms with Gasteiger partial charge in [-0.05, 0) is 30.7 Å². The fourth-order valence-corrected chi connectivity index (χ4v) is 4.98. The summed E-state index contributed by atoms with van der Waals surface area (Å²) in [6.07, 6.45) is -2.66. The van der Waals surface area contributed by atoms with Crippen LogP contribution in [0.2, 0.25) is 5.02 Å². The van der Waals surface area contributed by atoms with E-state index in [1.807, 2.05) is 11.8 Å². The maximum Gasteiger partial charge on any atom is 0.416 e. The molecule has 216 valence electrons. The van der Waals surface area contributed by atoms with Crippen molar-refractivity contribution in [3.8, 4) is 11.4 Å². The Balaban J connectivity index is 1.61. The third kappa shape index (κ3) is 5.57. The molecule has 3 aromatic heterocycles. The second-order valence-electron chi connectivity index (χ2n) is 9.53. The molecule has 0 atom stereocenters. The van der Waals surface area contributed by atoms with Gasteiger partial charge in [-0.1, -0.05) is 18.5 Å². The number of amides is 1. The van der Waals surface area contributed by atoms with Crippen LogP contribution in [0, 0.1) is 0 Å². The zero-order valence-electron chi connectivity index (χ0n) is 22.1. The van der Waals surface area contributed by atoms with Gasteiger partial charge >= 0.3 is 6.18 Å². The molecule has 1 aliphatic rings. The number of nitrogens with zero attached hydrogens (tertiary/aromatic N) is 6. The lowest BCUT2D eigenvalue weighted by Crippen LogP contribution is -2.47. The summed E-state index contributed by atoms with van der Waals surface area (Å²) in [6, 6.07) is 5.64. The predicted molar refractivity (Wildman–Crippen MR) is 147 cm³/mol. The standard InChI is InChI=1S/C26H26ClF3N8O3/c1-3-19-22(36-10-7-31-8-11-36)24(41)38-25(33-23(34-38)15-6-9-35(2)21(40)12-15)37(19)14-20(39)32-18-5-4-16(13-17(18)27)26(28,29)30/h4-6,9,12-13,31H,3,7-8,10-11,14H2,1-2H3,(H,32,39). The van der Waals surface area contributed by atoms with Crippen LogP contribution in [0.1, 0.15) is 18.2 Å². The van der Waals surface area contributed by atoms with Gasteiger partial charge in [-0.25, -0.2) is 0 Å². The Labute approximate surface area is 236 Å². The van der Waals surface area contributed by atoms with Gasteiger partial charge in [0.1, 0.15) is 12.2 Å². The van der Waals surface area contributed by atoms with Crippen LogP contribution in [-0.4, -0.2) is 55.8 Å². The van der Waals surface area contributed by atoms with Gasteiger partial charge in [-0.2, -0.15) is 22.7 Å². The zero-order valence-corrected chi connectivity index (χ0v) is 22.9. The molecule has 41 heavy (non-hydrogen) atoms. The van der Waals surface area contributed by atoms with Crippen LogP contribution in [-0.2, 0) is 31.0 Å². The van der Waals surface area contributed by atoms with Crippen molar-refractivity contribution >= 4 is 34.7 Å². The molecule has 11 nitrogen and oxygen atoms in total. The molecule has 1 saturated heterocycles. The summed E-state index contributed by atoms with van der Waals surface area (Å²) >= 11 is 6.05. The number of aryl methyl sites for hydroxylation is 1. The summed E-state index contributed by atoms with van der Waals surface area (Å²) in [6.45, 7) is 3.93. The minimum absolute atomic E-state index is 0.00407. The van der Waals surface area contributed by atoms with Gasteiger partial charge in [0.25, 0.3) is 11.1 Å². The molecule has 0 aliphatic carbocycles. The smallest absolute Gasteiger partial charge is 0.363 e. The predicted octanol–water partition coefficient (Wildman–Crippen LogP) is 2.54. The molecule has 0 spiro atoms. The molecule has 0 unspecified atom stereocenters. The van der Waals surface area contributed by atoms with Crippen LogP contribution >= 0.6 is 11.6 Å². The van der Waals surface area contributed by atoms with Crippen LogP contribution in [0.4, 0.5) is 24.5 Å².